The number of carbonyl (C=O) groups excluding carboxylic acids is 1. The molecule has 2 aromatic carbocycles. The van der Waals surface area contributed by atoms with Crippen LogP contribution in [0.2, 0.25) is 0 Å². The van der Waals surface area contributed by atoms with E-state index in [-0.39, 0.29) is 0 Å². The summed E-state index contributed by atoms with van der Waals surface area (Å²) in [6, 6.07) is 13.1. The van der Waals surface area contributed by atoms with Gasteiger partial charge in [-0.15, -0.1) is 0 Å². The molecule has 1 atom stereocenters. The quantitative estimate of drug-likeness (QED) is 0.362. The van der Waals surface area contributed by atoms with E-state index in [0.29, 0.717) is 17.9 Å². The summed E-state index contributed by atoms with van der Waals surface area (Å²) in [5.74, 6) is 0.214. The summed E-state index contributed by atoms with van der Waals surface area (Å²) in [4.78, 5) is 12.3. The van der Waals surface area contributed by atoms with Gasteiger partial charge in [0.05, 0.1) is 18.3 Å². The summed E-state index contributed by atoms with van der Waals surface area (Å²) in [5.41, 5.74) is 3.36. The van der Waals surface area contributed by atoms with E-state index in [1.165, 1.54) is 39.2 Å². The zero-order chi connectivity index (χ0) is 20.8. The first-order valence-corrected chi connectivity index (χ1v) is 11.7. The van der Waals surface area contributed by atoms with Gasteiger partial charge in [-0.05, 0) is 60.1 Å². The number of benzene rings is 2. The van der Waals surface area contributed by atoms with Gasteiger partial charge in [-0.25, -0.2) is 13.9 Å². The van der Waals surface area contributed by atoms with Gasteiger partial charge < -0.3 is 4.74 Å². The van der Waals surface area contributed by atoms with Gasteiger partial charge >= 0.3 is 13.6 Å². The lowest BCUT2D eigenvalue weighted by Crippen LogP contribution is -2.08. The third kappa shape index (κ3) is 5.25. The predicted molar refractivity (Wildman–Crippen MR) is 115 cm³/mol. The molecule has 0 spiro atoms. The monoisotopic (exact) mass is 412 g/mol. The molecule has 29 heavy (non-hydrogen) atoms. The van der Waals surface area contributed by atoms with Gasteiger partial charge in [-0.3, -0.25) is 0 Å². The summed E-state index contributed by atoms with van der Waals surface area (Å²) in [6.07, 6.45) is 7.79. The van der Waals surface area contributed by atoms with Crippen LogP contribution in [-0.2, 0) is 13.9 Å². The molecule has 2 aromatic rings. The van der Waals surface area contributed by atoms with Crippen molar-refractivity contribution in [2.24, 2.45) is 5.92 Å². The number of carbonyl (C=O) groups is 1. The maximum Gasteiger partial charge on any atom is 0.338 e. The molecule has 0 aromatic heterocycles. The molecule has 5 heteroatoms. The number of hydrogen-bond donors (Lipinski definition) is 0. The standard InChI is InChI=1S/C24H29O4P/c1-17-8-6-7-11-20(17)22-16-19(13-14-21(22)24(25)28-2)23(29(26)27)15-12-18-9-4-3-5-10-18/h6-8,11,13-14,16,18,23H,3-5,9-10,12,15H2,1-2H3. The average Bonchev–Trinajstić information content (AvgIpc) is 2.74. The van der Waals surface area contributed by atoms with Gasteiger partial charge in [0.15, 0.2) is 0 Å². The number of aryl methyl sites for hydroxylation is 1. The Kier molecular flexibility index (Phi) is 7.44. The van der Waals surface area contributed by atoms with Crippen LogP contribution in [0.1, 0.15) is 72.1 Å². The fourth-order valence-electron chi connectivity index (χ4n) is 4.42. The molecule has 1 aliphatic carbocycles. The summed E-state index contributed by atoms with van der Waals surface area (Å²) < 4.78 is 29.2. The fraction of sp³-hybridized carbons (Fsp3) is 0.458. The minimum absolute atomic E-state index is 0.417. The molecule has 1 saturated carbocycles. The molecule has 0 N–H and O–H groups in total. The maximum atomic E-state index is 12.3. The molecular weight excluding hydrogens is 383 g/mol. The van der Waals surface area contributed by atoms with E-state index in [4.69, 9.17) is 4.74 Å². The van der Waals surface area contributed by atoms with E-state index in [9.17, 15) is 13.9 Å². The lowest BCUT2D eigenvalue weighted by Gasteiger charge is -2.22. The number of methoxy groups -OCH3 is 1. The molecule has 0 heterocycles. The van der Waals surface area contributed by atoms with E-state index in [0.717, 1.165) is 28.7 Å². The Hall–Kier alpha value is -2.19. The predicted octanol–water partition coefficient (Wildman–Crippen LogP) is 7.02. The van der Waals surface area contributed by atoms with E-state index >= 15 is 0 Å². The summed E-state index contributed by atoms with van der Waals surface area (Å²) >= 11 is 0. The molecule has 1 fully saturated rings. The minimum Gasteiger partial charge on any atom is -0.465 e. The highest BCUT2D eigenvalue weighted by atomic mass is 31.1. The summed E-state index contributed by atoms with van der Waals surface area (Å²) in [7, 11) is -1.24. The lowest BCUT2D eigenvalue weighted by atomic mass is 9.85. The van der Waals surface area contributed by atoms with Crippen LogP contribution in [0, 0.1) is 12.8 Å². The smallest absolute Gasteiger partial charge is 0.338 e. The van der Waals surface area contributed by atoms with Gasteiger partial charge in [0.1, 0.15) is 0 Å². The maximum absolute atomic E-state index is 12.3. The largest absolute Gasteiger partial charge is 0.465 e. The fourth-order valence-corrected chi connectivity index (χ4v) is 5.18. The Morgan fingerprint density at radius 2 is 1.79 bits per heavy atom. The highest BCUT2D eigenvalue weighted by Gasteiger charge is 2.24. The summed E-state index contributed by atoms with van der Waals surface area (Å²) in [6.45, 7) is 1.98. The zero-order valence-electron chi connectivity index (χ0n) is 17.2. The van der Waals surface area contributed by atoms with E-state index < -0.39 is 19.3 Å². The normalized spacial score (nSPS) is 15.7. The Balaban J connectivity index is 1.95. The number of esters is 1. The second-order valence-electron chi connectivity index (χ2n) is 7.99. The van der Waals surface area contributed by atoms with Gasteiger partial charge in [-0.2, -0.15) is 0 Å². The second kappa shape index (κ2) is 10.0. The first-order chi connectivity index (χ1) is 14.0. The molecule has 154 valence electrons. The molecule has 0 amide bonds. The second-order valence-corrected chi connectivity index (χ2v) is 9.19. The van der Waals surface area contributed by atoms with Gasteiger partial charge in [-0.1, -0.05) is 62.4 Å². The topological polar surface area (TPSA) is 60.4 Å². The van der Waals surface area contributed by atoms with Crippen molar-refractivity contribution in [3.8, 4) is 11.1 Å². The molecule has 0 bridgehead atoms. The first kappa shape index (κ1) is 21.5. The molecular formula is C24H29O4P. The highest BCUT2D eigenvalue weighted by molar-refractivity contribution is 7.31. The molecule has 3 rings (SSSR count). The van der Waals surface area contributed by atoms with Gasteiger partial charge in [0.25, 0.3) is 0 Å². The van der Waals surface area contributed by atoms with Crippen molar-refractivity contribution >= 4 is 13.6 Å². The Bertz CT molecular complexity index is 918. The van der Waals surface area contributed by atoms with Crippen molar-refractivity contribution in [3.05, 3.63) is 59.2 Å². The van der Waals surface area contributed by atoms with Crippen LogP contribution in [-0.4, -0.2) is 13.1 Å². The molecule has 4 nitrogen and oxygen atoms in total. The third-order valence-corrected chi connectivity index (χ3v) is 7.16. The van der Waals surface area contributed by atoms with Gasteiger partial charge in [0.2, 0.25) is 0 Å². The minimum atomic E-state index is -2.60. The van der Waals surface area contributed by atoms with Crippen LogP contribution in [0.5, 0.6) is 0 Å². The van der Waals surface area contributed by atoms with E-state index in [1.807, 2.05) is 37.3 Å². The molecule has 1 unspecified atom stereocenters. The molecule has 0 aliphatic heterocycles. The van der Waals surface area contributed by atoms with Crippen molar-refractivity contribution in [1.82, 2.24) is 0 Å². The molecule has 0 saturated heterocycles. The van der Waals surface area contributed by atoms with Crippen molar-refractivity contribution in [2.75, 3.05) is 7.11 Å². The van der Waals surface area contributed by atoms with Crippen molar-refractivity contribution in [1.29, 1.82) is 0 Å². The van der Waals surface area contributed by atoms with E-state index in [1.54, 1.807) is 12.1 Å². The highest BCUT2D eigenvalue weighted by Crippen LogP contribution is 2.41. The van der Waals surface area contributed by atoms with Crippen LogP contribution in [0.25, 0.3) is 11.1 Å². The number of rotatable bonds is 7. The average molecular weight is 412 g/mol. The van der Waals surface area contributed by atoms with Crippen LogP contribution >= 0.6 is 7.68 Å². The number of ether oxygens (including phenoxy) is 1. The molecule has 0 radical (unpaired) electrons. The zero-order valence-corrected chi connectivity index (χ0v) is 18.1. The van der Waals surface area contributed by atoms with Crippen molar-refractivity contribution < 1.29 is 18.7 Å². The van der Waals surface area contributed by atoms with Crippen molar-refractivity contribution in [2.45, 2.75) is 57.5 Å². The van der Waals surface area contributed by atoms with Crippen molar-refractivity contribution in [3.63, 3.8) is 0 Å². The van der Waals surface area contributed by atoms with Gasteiger partial charge in [0, 0.05) is 0 Å². The Morgan fingerprint density at radius 3 is 2.45 bits per heavy atom. The first-order valence-electron chi connectivity index (χ1n) is 10.4. The lowest BCUT2D eigenvalue weighted by molar-refractivity contribution is 0.0601. The van der Waals surface area contributed by atoms with Crippen LogP contribution in [0.3, 0.4) is 0 Å². The molecule has 1 aliphatic rings. The third-order valence-electron chi connectivity index (χ3n) is 6.10. The Morgan fingerprint density at radius 1 is 1.07 bits per heavy atom. The summed E-state index contributed by atoms with van der Waals surface area (Å²) in [5, 5.41) is 0. The van der Waals surface area contributed by atoms with E-state index in [2.05, 4.69) is 0 Å². The Labute approximate surface area is 173 Å². The van der Waals surface area contributed by atoms with Crippen LogP contribution < -0.4 is 0 Å². The number of hydrogen-bond acceptors (Lipinski definition) is 4. The van der Waals surface area contributed by atoms with Crippen LogP contribution in [0.4, 0.5) is 0 Å². The SMILES string of the molecule is COC(=O)c1ccc(C(CCC2CCCCC2)P(=O)=O)cc1-c1ccccc1C. The van der Waals surface area contributed by atoms with Crippen LogP contribution in [0.15, 0.2) is 42.5 Å².